The van der Waals surface area contributed by atoms with E-state index >= 15 is 0 Å². The first-order valence-corrected chi connectivity index (χ1v) is 8.73. The van der Waals surface area contributed by atoms with Gasteiger partial charge in [0.15, 0.2) is 0 Å². The van der Waals surface area contributed by atoms with E-state index in [9.17, 15) is 4.79 Å². The summed E-state index contributed by atoms with van der Waals surface area (Å²) in [5.41, 5.74) is 3.65. The van der Waals surface area contributed by atoms with Gasteiger partial charge in [0.25, 0.3) is 5.91 Å². The number of carbonyl (C=O) groups is 1. The topological polar surface area (TPSA) is 46.9 Å². The Bertz CT molecular complexity index is 881. The molecule has 1 fully saturated rings. The van der Waals surface area contributed by atoms with Crippen LogP contribution in [0.2, 0.25) is 0 Å². The Kier molecular flexibility index (Phi) is 4.10. The van der Waals surface area contributed by atoms with Crippen molar-refractivity contribution in [2.75, 3.05) is 0 Å². The fourth-order valence-corrected chi connectivity index (χ4v) is 3.12. The van der Waals surface area contributed by atoms with E-state index in [1.165, 1.54) is 12.8 Å². The van der Waals surface area contributed by atoms with Gasteiger partial charge in [0.2, 0.25) is 0 Å². The summed E-state index contributed by atoms with van der Waals surface area (Å²) in [6, 6.07) is 20.0. The van der Waals surface area contributed by atoms with E-state index < -0.39 is 0 Å². The normalized spacial score (nSPS) is 14.9. The first kappa shape index (κ1) is 15.6. The molecule has 0 bridgehead atoms. The van der Waals surface area contributed by atoms with Crippen LogP contribution in [0.5, 0.6) is 0 Å². The lowest BCUT2D eigenvalue weighted by Gasteiger charge is -2.14. The summed E-state index contributed by atoms with van der Waals surface area (Å²) in [5, 5.41) is 7.56. The maximum atomic E-state index is 12.5. The van der Waals surface area contributed by atoms with Gasteiger partial charge < -0.3 is 5.32 Å². The molecule has 0 aliphatic heterocycles. The molecule has 0 saturated heterocycles. The van der Waals surface area contributed by atoms with E-state index in [0.717, 1.165) is 16.9 Å². The zero-order chi connectivity index (χ0) is 17.2. The molecule has 4 rings (SSSR count). The van der Waals surface area contributed by atoms with Crippen LogP contribution in [-0.2, 0) is 0 Å². The van der Waals surface area contributed by atoms with Gasteiger partial charge >= 0.3 is 0 Å². The van der Waals surface area contributed by atoms with Crippen LogP contribution < -0.4 is 5.32 Å². The third kappa shape index (κ3) is 3.33. The Morgan fingerprint density at radius 2 is 1.92 bits per heavy atom. The molecule has 4 heteroatoms. The molecule has 1 aromatic heterocycles. The van der Waals surface area contributed by atoms with Gasteiger partial charge in [-0.2, -0.15) is 5.10 Å². The lowest BCUT2D eigenvalue weighted by Crippen LogP contribution is -2.34. The standard InChI is InChI=1S/C21H21N3O/c1-15(16-10-11-16)23-21(25)18-8-5-9-19(14-18)24-20(12-13-22-24)17-6-3-2-4-7-17/h2-9,12-16H,10-11H2,1H3,(H,23,25)/t15-/m0/s1. The number of hydrogen-bond acceptors (Lipinski definition) is 2. The van der Waals surface area contributed by atoms with Crippen molar-refractivity contribution in [1.82, 2.24) is 15.1 Å². The Balaban J connectivity index is 1.62. The lowest BCUT2D eigenvalue weighted by molar-refractivity contribution is 0.0936. The number of carbonyl (C=O) groups excluding carboxylic acids is 1. The summed E-state index contributed by atoms with van der Waals surface area (Å²) in [6.45, 7) is 2.08. The van der Waals surface area contributed by atoms with Gasteiger partial charge in [-0.3, -0.25) is 4.79 Å². The molecule has 0 unspecified atom stereocenters. The molecule has 1 amide bonds. The lowest BCUT2D eigenvalue weighted by atomic mass is 10.1. The van der Waals surface area contributed by atoms with Gasteiger partial charge in [-0.15, -0.1) is 0 Å². The second-order valence-electron chi connectivity index (χ2n) is 6.64. The number of benzene rings is 2. The molecule has 126 valence electrons. The van der Waals surface area contributed by atoms with Gasteiger partial charge in [0, 0.05) is 17.2 Å². The molecular weight excluding hydrogens is 310 g/mol. The molecule has 1 heterocycles. The summed E-state index contributed by atoms with van der Waals surface area (Å²) in [4.78, 5) is 12.5. The molecule has 3 aromatic rings. The smallest absolute Gasteiger partial charge is 0.251 e. The molecule has 0 radical (unpaired) electrons. The molecular formula is C21H21N3O. The van der Waals surface area contributed by atoms with Gasteiger partial charge in [0.1, 0.15) is 0 Å². The van der Waals surface area contributed by atoms with Crippen molar-refractivity contribution in [3.63, 3.8) is 0 Å². The van der Waals surface area contributed by atoms with E-state index in [2.05, 4.69) is 29.5 Å². The Morgan fingerprint density at radius 1 is 1.12 bits per heavy atom. The van der Waals surface area contributed by atoms with Crippen molar-refractivity contribution < 1.29 is 4.79 Å². The summed E-state index contributed by atoms with van der Waals surface area (Å²) in [5.74, 6) is 0.623. The van der Waals surface area contributed by atoms with Gasteiger partial charge in [-0.1, -0.05) is 36.4 Å². The van der Waals surface area contributed by atoms with Crippen molar-refractivity contribution in [2.45, 2.75) is 25.8 Å². The SMILES string of the molecule is C[C@H](NC(=O)c1cccc(-n2nccc2-c2ccccc2)c1)C1CC1. The molecule has 1 saturated carbocycles. The largest absolute Gasteiger partial charge is 0.349 e. The van der Waals surface area contributed by atoms with E-state index in [0.29, 0.717) is 11.5 Å². The van der Waals surface area contributed by atoms with E-state index in [-0.39, 0.29) is 11.9 Å². The number of nitrogens with zero attached hydrogens (tertiary/aromatic N) is 2. The molecule has 1 atom stereocenters. The van der Waals surface area contributed by atoms with Gasteiger partial charge in [-0.05, 0) is 49.9 Å². The second kappa shape index (κ2) is 6.55. The molecule has 2 aromatic carbocycles. The summed E-state index contributed by atoms with van der Waals surface area (Å²) in [7, 11) is 0. The molecule has 1 N–H and O–H groups in total. The number of nitrogens with one attached hydrogen (secondary N) is 1. The van der Waals surface area contributed by atoms with E-state index in [1.54, 1.807) is 6.20 Å². The summed E-state index contributed by atoms with van der Waals surface area (Å²) < 4.78 is 1.87. The minimum atomic E-state index is -0.0188. The van der Waals surface area contributed by atoms with Crippen LogP contribution in [0.3, 0.4) is 0 Å². The Labute approximate surface area is 147 Å². The second-order valence-corrected chi connectivity index (χ2v) is 6.64. The monoisotopic (exact) mass is 331 g/mol. The predicted molar refractivity (Wildman–Crippen MR) is 98.7 cm³/mol. The average molecular weight is 331 g/mol. The van der Waals surface area contributed by atoms with Crippen LogP contribution in [0.25, 0.3) is 16.9 Å². The van der Waals surface area contributed by atoms with Crippen molar-refractivity contribution in [2.24, 2.45) is 5.92 Å². The van der Waals surface area contributed by atoms with Crippen LogP contribution in [0.4, 0.5) is 0 Å². The Morgan fingerprint density at radius 3 is 2.68 bits per heavy atom. The fourth-order valence-electron chi connectivity index (χ4n) is 3.12. The van der Waals surface area contributed by atoms with Crippen molar-refractivity contribution >= 4 is 5.91 Å². The van der Waals surface area contributed by atoms with Crippen LogP contribution in [0.15, 0.2) is 66.9 Å². The highest BCUT2D eigenvalue weighted by Crippen LogP contribution is 2.32. The van der Waals surface area contributed by atoms with Crippen LogP contribution in [-0.4, -0.2) is 21.7 Å². The number of rotatable bonds is 5. The van der Waals surface area contributed by atoms with E-state index in [4.69, 9.17) is 0 Å². The third-order valence-corrected chi connectivity index (χ3v) is 4.75. The zero-order valence-electron chi connectivity index (χ0n) is 14.2. The van der Waals surface area contributed by atoms with Gasteiger partial charge in [0.05, 0.1) is 17.6 Å². The van der Waals surface area contributed by atoms with Crippen molar-refractivity contribution in [1.29, 1.82) is 0 Å². The van der Waals surface area contributed by atoms with Crippen molar-refractivity contribution in [3.05, 3.63) is 72.4 Å². The predicted octanol–water partition coefficient (Wildman–Crippen LogP) is 4.07. The third-order valence-electron chi connectivity index (χ3n) is 4.75. The fraction of sp³-hybridized carbons (Fsp3) is 0.238. The molecule has 1 aliphatic rings. The number of hydrogen-bond donors (Lipinski definition) is 1. The number of aromatic nitrogens is 2. The summed E-state index contributed by atoms with van der Waals surface area (Å²) in [6.07, 6.45) is 4.22. The van der Waals surface area contributed by atoms with Crippen LogP contribution in [0, 0.1) is 5.92 Å². The minimum Gasteiger partial charge on any atom is -0.349 e. The first-order valence-electron chi connectivity index (χ1n) is 8.73. The zero-order valence-corrected chi connectivity index (χ0v) is 14.2. The minimum absolute atomic E-state index is 0.0188. The molecule has 0 spiro atoms. The average Bonchev–Trinajstić information content (AvgIpc) is 3.39. The Hall–Kier alpha value is -2.88. The highest BCUT2D eigenvalue weighted by atomic mass is 16.1. The molecule has 25 heavy (non-hydrogen) atoms. The van der Waals surface area contributed by atoms with E-state index in [1.807, 2.05) is 53.2 Å². The molecule has 1 aliphatic carbocycles. The first-order chi connectivity index (χ1) is 12.2. The van der Waals surface area contributed by atoms with Crippen LogP contribution >= 0.6 is 0 Å². The highest BCUT2D eigenvalue weighted by Gasteiger charge is 2.29. The number of amides is 1. The van der Waals surface area contributed by atoms with Gasteiger partial charge in [-0.25, -0.2) is 4.68 Å². The quantitative estimate of drug-likeness (QED) is 0.766. The maximum absolute atomic E-state index is 12.5. The highest BCUT2D eigenvalue weighted by molar-refractivity contribution is 5.95. The van der Waals surface area contributed by atoms with Crippen LogP contribution in [0.1, 0.15) is 30.1 Å². The molecule has 4 nitrogen and oxygen atoms in total. The maximum Gasteiger partial charge on any atom is 0.251 e. The summed E-state index contributed by atoms with van der Waals surface area (Å²) >= 11 is 0. The van der Waals surface area contributed by atoms with Crippen molar-refractivity contribution in [3.8, 4) is 16.9 Å².